The van der Waals surface area contributed by atoms with Gasteiger partial charge in [-0.2, -0.15) is 0 Å². The number of rotatable bonds is 12. The molecule has 0 unspecified atom stereocenters. The van der Waals surface area contributed by atoms with Crippen LogP contribution >= 0.6 is 23.1 Å². The molecular weight excluding hydrogens is 494 g/mol. The summed E-state index contributed by atoms with van der Waals surface area (Å²) >= 11 is 2.66. The molecule has 2 heterocycles. The van der Waals surface area contributed by atoms with Crippen molar-refractivity contribution in [2.24, 2.45) is 0 Å². The number of allylic oxidation sites excluding steroid dienone is 1. The van der Waals surface area contributed by atoms with Gasteiger partial charge < -0.3 is 15.0 Å². The first-order chi connectivity index (χ1) is 17.3. The third kappa shape index (κ3) is 6.17. The highest BCUT2D eigenvalue weighted by atomic mass is 32.2. The number of hydrogen-bond acceptors (Lipinski definition) is 8. The lowest BCUT2D eigenvalue weighted by molar-refractivity contribution is -0.113. The normalized spacial score (nSPS) is 10.8. The highest BCUT2D eigenvalue weighted by molar-refractivity contribution is 7.99. The van der Waals surface area contributed by atoms with Crippen molar-refractivity contribution in [1.82, 2.24) is 14.8 Å². The Hall–Kier alpha value is -3.11. The number of ether oxygens (including phenoxy) is 1. The maximum absolute atomic E-state index is 12.8. The Morgan fingerprint density at radius 3 is 2.47 bits per heavy atom. The fourth-order valence-electron chi connectivity index (χ4n) is 3.77. The number of amides is 1. The van der Waals surface area contributed by atoms with Gasteiger partial charge in [-0.3, -0.25) is 9.36 Å². The number of aryl methyl sites for hydroxylation is 1. The summed E-state index contributed by atoms with van der Waals surface area (Å²) < 4.78 is 7.12. The topological polar surface area (TPSA) is 89.3 Å². The lowest BCUT2D eigenvalue weighted by Crippen LogP contribution is -2.21. The fourth-order valence-corrected chi connectivity index (χ4v) is 5.58. The summed E-state index contributed by atoms with van der Waals surface area (Å²) in [4.78, 5) is 28.4. The van der Waals surface area contributed by atoms with E-state index in [0.717, 1.165) is 40.6 Å². The van der Waals surface area contributed by atoms with Gasteiger partial charge in [-0.1, -0.05) is 17.8 Å². The molecule has 36 heavy (non-hydrogen) atoms. The van der Waals surface area contributed by atoms with E-state index in [2.05, 4.69) is 53.0 Å². The van der Waals surface area contributed by atoms with Crippen LogP contribution in [0.15, 0.2) is 42.1 Å². The van der Waals surface area contributed by atoms with Crippen LogP contribution in [0.2, 0.25) is 0 Å². The van der Waals surface area contributed by atoms with Crippen LogP contribution in [0.5, 0.6) is 0 Å². The van der Waals surface area contributed by atoms with Crippen molar-refractivity contribution >= 4 is 45.7 Å². The minimum Gasteiger partial charge on any atom is -0.462 e. The molecule has 0 aliphatic carbocycles. The predicted molar refractivity (Wildman–Crippen MR) is 148 cm³/mol. The van der Waals surface area contributed by atoms with Gasteiger partial charge in [0, 0.05) is 35.8 Å². The quantitative estimate of drug-likeness (QED) is 0.187. The highest BCUT2D eigenvalue weighted by Crippen LogP contribution is 2.33. The molecule has 0 saturated carbocycles. The number of nitrogens with zero attached hydrogens (tertiary/aromatic N) is 4. The number of hydrogen-bond donors (Lipinski definition) is 1. The molecule has 8 nitrogen and oxygen atoms in total. The molecule has 0 fully saturated rings. The van der Waals surface area contributed by atoms with E-state index in [1.165, 1.54) is 23.1 Å². The maximum atomic E-state index is 12.8. The molecule has 0 saturated heterocycles. The minimum absolute atomic E-state index is 0.119. The molecule has 192 valence electrons. The smallest absolute Gasteiger partial charge is 0.341 e. The van der Waals surface area contributed by atoms with Crippen molar-refractivity contribution in [1.29, 1.82) is 0 Å². The number of anilines is 2. The van der Waals surface area contributed by atoms with E-state index in [-0.39, 0.29) is 18.3 Å². The van der Waals surface area contributed by atoms with Gasteiger partial charge in [0.15, 0.2) is 11.0 Å². The number of nitrogens with one attached hydrogen (secondary N) is 1. The van der Waals surface area contributed by atoms with Crippen LogP contribution in [0.4, 0.5) is 10.7 Å². The zero-order valence-corrected chi connectivity index (χ0v) is 23.1. The van der Waals surface area contributed by atoms with Crippen molar-refractivity contribution in [2.45, 2.75) is 46.3 Å². The minimum atomic E-state index is -0.426. The number of carbonyl (C=O) groups excluding carboxylic acids is 2. The lowest BCUT2D eigenvalue weighted by Gasteiger charge is -2.21. The first-order valence-electron chi connectivity index (χ1n) is 11.9. The van der Waals surface area contributed by atoms with E-state index in [1.807, 2.05) is 30.5 Å². The molecule has 0 radical (unpaired) electrons. The second-order valence-electron chi connectivity index (χ2n) is 7.97. The van der Waals surface area contributed by atoms with Crippen LogP contribution in [0.1, 0.15) is 41.6 Å². The summed E-state index contributed by atoms with van der Waals surface area (Å²) in [5, 5.41) is 12.7. The Balaban J connectivity index is 1.75. The Bertz CT molecular complexity index is 1210. The van der Waals surface area contributed by atoms with E-state index in [1.54, 1.807) is 13.0 Å². The van der Waals surface area contributed by atoms with Crippen LogP contribution in [-0.4, -0.2) is 52.1 Å². The molecule has 0 aliphatic rings. The van der Waals surface area contributed by atoms with E-state index >= 15 is 0 Å². The predicted octanol–water partition coefficient (Wildman–Crippen LogP) is 5.56. The van der Waals surface area contributed by atoms with Gasteiger partial charge in [0.1, 0.15) is 5.00 Å². The Kier molecular flexibility index (Phi) is 9.72. The van der Waals surface area contributed by atoms with Gasteiger partial charge in [-0.25, -0.2) is 4.79 Å². The van der Waals surface area contributed by atoms with Crippen molar-refractivity contribution in [3.05, 3.63) is 52.9 Å². The maximum Gasteiger partial charge on any atom is 0.341 e. The van der Waals surface area contributed by atoms with Gasteiger partial charge in [0.05, 0.1) is 17.9 Å². The molecule has 0 atom stereocenters. The standard InChI is InChI=1S/C26H33N5O3S2/c1-7-15-31-23(19-11-13-20(14-12-19)30(8-2)9-3)28-29-26(31)35-16-21(32)27-24-22(25(33)34-10-4)17(5)18(6)36-24/h7,11-14H,1,8-10,15-16H2,2-6H3,(H,27,32). The molecule has 3 aromatic rings. The summed E-state index contributed by atoms with van der Waals surface area (Å²) in [6, 6.07) is 8.25. The third-order valence-corrected chi connectivity index (χ3v) is 7.82. The van der Waals surface area contributed by atoms with E-state index < -0.39 is 5.97 Å². The Morgan fingerprint density at radius 2 is 1.86 bits per heavy atom. The first kappa shape index (κ1) is 27.5. The summed E-state index contributed by atoms with van der Waals surface area (Å²) in [7, 11) is 0. The van der Waals surface area contributed by atoms with Crippen molar-refractivity contribution in [3.8, 4) is 11.4 Å². The molecule has 10 heteroatoms. The van der Waals surface area contributed by atoms with Crippen LogP contribution in [0.25, 0.3) is 11.4 Å². The summed E-state index contributed by atoms with van der Waals surface area (Å²) in [6.07, 6.45) is 1.78. The zero-order valence-electron chi connectivity index (χ0n) is 21.5. The average molecular weight is 528 g/mol. The van der Waals surface area contributed by atoms with Crippen LogP contribution in [0.3, 0.4) is 0 Å². The largest absolute Gasteiger partial charge is 0.462 e. The zero-order chi connectivity index (χ0) is 26.2. The average Bonchev–Trinajstić information content (AvgIpc) is 3.39. The van der Waals surface area contributed by atoms with Crippen molar-refractivity contribution in [3.63, 3.8) is 0 Å². The highest BCUT2D eigenvalue weighted by Gasteiger charge is 2.22. The molecule has 0 spiro atoms. The number of aromatic nitrogens is 3. The van der Waals surface area contributed by atoms with E-state index in [4.69, 9.17) is 4.74 Å². The van der Waals surface area contributed by atoms with Crippen LogP contribution in [-0.2, 0) is 16.1 Å². The molecule has 1 aromatic carbocycles. The second kappa shape index (κ2) is 12.7. The molecule has 0 aliphatic heterocycles. The number of esters is 1. The summed E-state index contributed by atoms with van der Waals surface area (Å²) in [5.74, 6) is 0.182. The Labute approximate surface area is 220 Å². The van der Waals surface area contributed by atoms with E-state index in [9.17, 15) is 9.59 Å². The van der Waals surface area contributed by atoms with Gasteiger partial charge in [0.25, 0.3) is 0 Å². The number of thiophene rings is 1. The van der Waals surface area contributed by atoms with Gasteiger partial charge in [0.2, 0.25) is 5.91 Å². The molecule has 1 amide bonds. The SMILES string of the molecule is C=CCn1c(SCC(=O)Nc2sc(C)c(C)c2C(=O)OCC)nnc1-c1ccc(N(CC)CC)cc1. The number of benzene rings is 1. The molecule has 3 rings (SSSR count). The third-order valence-electron chi connectivity index (χ3n) is 5.73. The lowest BCUT2D eigenvalue weighted by atomic mass is 10.1. The van der Waals surface area contributed by atoms with Crippen molar-refractivity contribution in [2.75, 3.05) is 35.7 Å². The first-order valence-corrected chi connectivity index (χ1v) is 13.7. The van der Waals surface area contributed by atoms with Crippen LogP contribution in [0, 0.1) is 13.8 Å². The second-order valence-corrected chi connectivity index (χ2v) is 10.1. The van der Waals surface area contributed by atoms with Crippen LogP contribution < -0.4 is 10.2 Å². The van der Waals surface area contributed by atoms with Gasteiger partial charge >= 0.3 is 5.97 Å². The fraction of sp³-hybridized carbons (Fsp3) is 0.385. The molecular formula is C26H33N5O3S2. The molecule has 1 N–H and O–H groups in total. The number of thioether (sulfide) groups is 1. The van der Waals surface area contributed by atoms with Gasteiger partial charge in [-0.15, -0.1) is 28.1 Å². The number of carbonyl (C=O) groups is 2. The van der Waals surface area contributed by atoms with Crippen molar-refractivity contribution < 1.29 is 14.3 Å². The molecule has 2 aromatic heterocycles. The summed E-state index contributed by atoms with van der Waals surface area (Å²) in [5.41, 5.74) is 3.35. The Morgan fingerprint density at radius 1 is 1.17 bits per heavy atom. The van der Waals surface area contributed by atoms with E-state index in [0.29, 0.717) is 22.3 Å². The summed E-state index contributed by atoms with van der Waals surface area (Å²) in [6.45, 7) is 16.3. The van der Waals surface area contributed by atoms with Gasteiger partial charge in [-0.05, 0) is 64.4 Å². The monoisotopic (exact) mass is 527 g/mol. The molecule has 0 bridgehead atoms.